The van der Waals surface area contributed by atoms with Crippen molar-refractivity contribution < 1.29 is 14.3 Å². The molecule has 0 saturated carbocycles. The number of hydrogen-bond donors (Lipinski definition) is 2. The van der Waals surface area contributed by atoms with Gasteiger partial charge in [-0.2, -0.15) is 0 Å². The predicted octanol–water partition coefficient (Wildman–Crippen LogP) is 2.12. The summed E-state index contributed by atoms with van der Waals surface area (Å²) >= 11 is 0. The molecule has 1 aliphatic rings. The van der Waals surface area contributed by atoms with Crippen LogP contribution < -0.4 is 15.8 Å². The highest BCUT2D eigenvalue weighted by Gasteiger charge is 2.35. The molecule has 5 nitrogen and oxygen atoms in total. The number of ether oxygens (including phenoxy) is 2. The molecule has 1 aliphatic heterocycles. The SMILES string of the molecule is C=CCOc1cccc(NC(=O)C2(N)CCOCC2)c1.Cl. The van der Waals surface area contributed by atoms with Gasteiger partial charge in [-0.3, -0.25) is 4.79 Å². The van der Waals surface area contributed by atoms with Gasteiger partial charge in [0.2, 0.25) is 5.91 Å². The molecule has 0 bridgehead atoms. The number of hydrogen-bond acceptors (Lipinski definition) is 4. The van der Waals surface area contributed by atoms with E-state index in [1.165, 1.54) is 0 Å². The van der Waals surface area contributed by atoms with E-state index in [0.29, 0.717) is 44.1 Å². The van der Waals surface area contributed by atoms with Crippen molar-refractivity contribution in [1.82, 2.24) is 0 Å². The second-order valence-corrected chi connectivity index (χ2v) is 4.85. The molecule has 0 aromatic heterocycles. The Bertz CT molecular complexity index is 488. The predicted molar refractivity (Wildman–Crippen MR) is 85.0 cm³/mol. The summed E-state index contributed by atoms with van der Waals surface area (Å²) in [5, 5.41) is 2.84. The van der Waals surface area contributed by atoms with Crippen molar-refractivity contribution in [2.75, 3.05) is 25.1 Å². The first-order valence-electron chi connectivity index (χ1n) is 6.66. The van der Waals surface area contributed by atoms with Gasteiger partial charge in [-0.1, -0.05) is 18.7 Å². The van der Waals surface area contributed by atoms with Crippen molar-refractivity contribution in [3.8, 4) is 5.75 Å². The number of amides is 1. The van der Waals surface area contributed by atoms with E-state index >= 15 is 0 Å². The van der Waals surface area contributed by atoms with Gasteiger partial charge in [0, 0.05) is 25.0 Å². The molecule has 1 heterocycles. The molecule has 0 aliphatic carbocycles. The molecule has 1 aromatic carbocycles. The van der Waals surface area contributed by atoms with Gasteiger partial charge in [-0.15, -0.1) is 12.4 Å². The Morgan fingerprint density at radius 1 is 1.48 bits per heavy atom. The maximum absolute atomic E-state index is 12.3. The third-order valence-corrected chi connectivity index (χ3v) is 3.30. The summed E-state index contributed by atoms with van der Waals surface area (Å²) in [6, 6.07) is 7.22. The fourth-order valence-electron chi connectivity index (χ4n) is 2.04. The quantitative estimate of drug-likeness (QED) is 0.817. The molecule has 1 saturated heterocycles. The zero-order valence-electron chi connectivity index (χ0n) is 11.8. The molecule has 1 amide bonds. The average Bonchev–Trinajstić information content (AvgIpc) is 2.46. The summed E-state index contributed by atoms with van der Waals surface area (Å²) in [7, 11) is 0. The summed E-state index contributed by atoms with van der Waals surface area (Å²) in [6.45, 7) is 5.06. The summed E-state index contributed by atoms with van der Waals surface area (Å²) in [5.41, 5.74) is 5.96. The van der Waals surface area contributed by atoms with Crippen LogP contribution in [0.5, 0.6) is 5.75 Å². The summed E-state index contributed by atoms with van der Waals surface area (Å²) in [5.74, 6) is 0.502. The first kappa shape index (κ1) is 17.5. The van der Waals surface area contributed by atoms with E-state index in [1.807, 2.05) is 12.1 Å². The van der Waals surface area contributed by atoms with Crippen molar-refractivity contribution in [3.05, 3.63) is 36.9 Å². The molecule has 116 valence electrons. The van der Waals surface area contributed by atoms with Crippen LogP contribution in [0.3, 0.4) is 0 Å². The second-order valence-electron chi connectivity index (χ2n) is 4.85. The maximum atomic E-state index is 12.3. The first-order chi connectivity index (χ1) is 9.64. The smallest absolute Gasteiger partial charge is 0.244 e. The lowest BCUT2D eigenvalue weighted by atomic mass is 9.90. The lowest BCUT2D eigenvalue weighted by Crippen LogP contribution is -2.54. The first-order valence-corrected chi connectivity index (χ1v) is 6.66. The molecular weight excluding hydrogens is 292 g/mol. The molecule has 6 heteroatoms. The molecular formula is C15H21ClN2O3. The Balaban J connectivity index is 0.00000220. The molecule has 3 N–H and O–H groups in total. The summed E-state index contributed by atoms with van der Waals surface area (Å²) < 4.78 is 10.7. The lowest BCUT2D eigenvalue weighted by Gasteiger charge is -2.31. The fraction of sp³-hybridized carbons (Fsp3) is 0.400. The average molecular weight is 313 g/mol. The number of carbonyl (C=O) groups excluding carboxylic acids is 1. The molecule has 1 aromatic rings. The molecule has 2 rings (SSSR count). The van der Waals surface area contributed by atoms with Gasteiger partial charge in [0.05, 0.1) is 0 Å². The number of nitrogens with two attached hydrogens (primary N) is 1. The summed E-state index contributed by atoms with van der Waals surface area (Å²) in [4.78, 5) is 12.3. The highest BCUT2D eigenvalue weighted by molar-refractivity contribution is 5.98. The number of nitrogens with one attached hydrogen (secondary N) is 1. The topological polar surface area (TPSA) is 73.6 Å². The van der Waals surface area contributed by atoms with Gasteiger partial charge in [0.25, 0.3) is 0 Å². The minimum absolute atomic E-state index is 0. The molecule has 1 fully saturated rings. The van der Waals surface area contributed by atoms with Crippen LogP contribution in [0.4, 0.5) is 5.69 Å². The minimum Gasteiger partial charge on any atom is -0.489 e. The third-order valence-electron chi connectivity index (χ3n) is 3.30. The van der Waals surface area contributed by atoms with Crippen molar-refractivity contribution >= 4 is 24.0 Å². The Morgan fingerprint density at radius 3 is 2.86 bits per heavy atom. The fourth-order valence-corrected chi connectivity index (χ4v) is 2.04. The molecule has 0 atom stereocenters. The van der Waals surface area contributed by atoms with Crippen LogP contribution in [0.15, 0.2) is 36.9 Å². The monoisotopic (exact) mass is 312 g/mol. The van der Waals surface area contributed by atoms with Crippen LogP contribution in [-0.4, -0.2) is 31.3 Å². The minimum atomic E-state index is -0.851. The summed E-state index contributed by atoms with van der Waals surface area (Å²) in [6.07, 6.45) is 2.74. The lowest BCUT2D eigenvalue weighted by molar-refractivity contribution is -0.124. The largest absolute Gasteiger partial charge is 0.489 e. The van der Waals surface area contributed by atoms with Crippen molar-refractivity contribution in [2.24, 2.45) is 5.73 Å². The van der Waals surface area contributed by atoms with Crippen molar-refractivity contribution in [2.45, 2.75) is 18.4 Å². The van der Waals surface area contributed by atoms with Gasteiger partial charge < -0.3 is 20.5 Å². The second kappa shape index (κ2) is 8.02. The van der Waals surface area contributed by atoms with Crippen LogP contribution in [0.2, 0.25) is 0 Å². The maximum Gasteiger partial charge on any atom is 0.244 e. The zero-order chi connectivity index (χ0) is 14.4. The zero-order valence-corrected chi connectivity index (χ0v) is 12.7. The van der Waals surface area contributed by atoms with E-state index in [4.69, 9.17) is 15.2 Å². The molecule has 0 radical (unpaired) electrons. The standard InChI is InChI=1S/C15H20N2O3.ClH/c1-2-8-20-13-5-3-4-12(11-13)17-14(18)15(16)6-9-19-10-7-15;/h2-5,11H,1,6-10,16H2,(H,17,18);1H. The third kappa shape index (κ3) is 4.74. The van der Waals surface area contributed by atoms with Crippen molar-refractivity contribution in [1.29, 1.82) is 0 Å². The van der Waals surface area contributed by atoms with Crippen LogP contribution in [0.1, 0.15) is 12.8 Å². The molecule has 0 spiro atoms. The van der Waals surface area contributed by atoms with Crippen LogP contribution in [-0.2, 0) is 9.53 Å². The van der Waals surface area contributed by atoms with E-state index in [0.717, 1.165) is 0 Å². The van der Waals surface area contributed by atoms with Gasteiger partial charge in [-0.25, -0.2) is 0 Å². The van der Waals surface area contributed by atoms with E-state index in [2.05, 4.69) is 11.9 Å². The Morgan fingerprint density at radius 2 is 2.19 bits per heavy atom. The Labute approximate surface area is 130 Å². The number of carbonyl (C=O) groups is 1. The van der Waals surface area contributed by atoms with Gasteiger partial charge >= 0.3 is 0 Å². The number of rotatable bonds is 5. The Hall–Kier alpha value is -1.56. The van der Waals surface area contributed by atoms with Gasteiger partial charge in [0.1, 0.15) is 17.9 Å². The number of anilines is 1. The van der Waals surface area contributed by atoms with Gasteiger partial charge in [-0.05, 0) is 25.0 Å². The van der Waals surface area contributed by atoms with E-state index < -0.39 is 5.54 Å². The van der Waals surface area contributed by atoms with Crippen LogP contribution in [0, 0.1) is 0 Å². The van der Waals surface area contributed by atoms with Gasteiger partial charge in [0.15, 0.2) is 0 Å². The van der Waals surface area contributed by atoms with Crippen LogP contribution >= 0.6 is 12.4 Å². The molecule has 0 unspecified atom stereocenters. The van der Waals surface area contributed by atoms with Crippen LogP contribution in [0.25, 0.3) is 0 Å². The van der Waals surface area contributed by atoms with E-state index in [1.54, 1.807) is 18.2 Å². The Kier molecular flexibility index (Phi) is 6.68. The van der Waals surface area contributed by atoms with E-state index in [9.17, 15) is 4.79 Å². The van der Waals surface area contributed by atoms with Crippen molar-refractivity contribution in [3.63, 3.8) is 0 Å². The molecule has 21 heavy (non-hydrogen) atoms. The highest BCUT2D eigenvalue weighted by Crippen LogP contribution is 2.22. The van der Waals surface area contributed by atoms with E-state index in [-0.39, 0.29) is 18.3 Å². The number of benzene rings is 1. The number of halogens is 1. The highest BCUT2D eigenvalue weighted by atomic mass is 35.5. The normalized spacial score (nSPS) is 16.4.